The Balaban J connectivity index is 2.73. The van der Waals surface area contributed by atoms with E-state index in [1.54, 1.807) is 6.07 Å². The normalized spacial score (nSPS) is 10.4. The third kappa shape index (κ3) is 1.35. The second-order valence-electron chi connectivity index (χ2n) is 3.28. The number of aliphatic hydroxyl groups excluding tert-OH is 1. The zero-order chi connectivity index (χ0) is 10.1. The van der Waals surface area contributed by atoms with Crippen LogP contribution in [0.1, 0.15) is 11.3 Å². The second-order valence-corrected chi connectivity index (χ2v) is 3.28. The highest BCUT2D eigenvalue weighted by atomic mass is 16.3. The lowest BCUT2D eigenvalue weighted by Crippen LogP contribution is -1.89. The summed E-state index contributed by atoms with van der Waals surface area (Å²) in [5.74, 6) is 0.00778. The molecular formula is C12H11NO. The lowest BCUT2D eigenvalue weighted by Gasteiger charge is -2.03. The van der Waals surface area contributed by atoms with Crippen molar-refractivity contribution in [2.24, 2.45) is 0 Å². The maximum absolute atomic E-state index is 9.20. The highest BCUT2D eigenvalue weighted by Gasteiger charge is 2.01. The predicted octanol–water partition coefficient (Wildman–Crippen LogP) is 3.07. The van der Waals surface area contributed by atoms with E-state index in [4.69, 9.17) is 0 Å². The Labute approximate surface area is 82.5 Å². The molecule has 0 amide bonds. The van der Waals surface area contributed by atoms with Crippen molar-refractivity contribution in [1.29, 1.82) is 0 Å². The Morgan fingerprint density at radius 3 is 2.79 bits per heavy atom. The van der Waals surface area contributed by atoms with Gasteiger partial charge in [0, 0.05) is 5.39 Å². The van der Waals surface area contributed by atoms with Gasteiger partial charge in [0.1, 0.15) is 11.5 Å². The first kappa shape index (κ1) is 8.75. The van der Waals surface area contributed by atoms with Crippen molar-refractivity contribution in [1.82, 2.24) is 4.98 Å². The van der Waals surface area contributed by atoms with Crippen molar-refractivity contribution in [2.75, 3.05) is 0 Å². The standard InChI is InChI=1S/C12H11NO/c1-8-4-3-5-12-10(8)6-7-11(13-12)9(2)14/h3-7,14H,2H2,1H3. The highest BCUT2D eigenvalue weighted by Crippen LogP contribution is 2.18. The molecule has 0 radical (unpaired) electrons. The van der Waals surface area contributed by atoms with Gasteiger partial charge in [0.15, 0.2) is 0 Å². The molecule has 0 aliphatic carbocycles. The monoisotopic (exact) mass is 185 g/mol. The van der Waals surface area contributed by atoms with Gasteiger partial charge in [-0.2, -0.15) is 0 Å². The second kappa shape index (κ2) is 3.14. The molecule has 1 aromatic carbocycles. The van der Waals surface area contributed by atoms with Gasteiger partial charge in [-0.15, -0.1) is 0 Å². The largest absolute Gasteiger partial charge is 0.506 e. The lowest BCUT2D eigenvalue weighted by molar-refractivity contribution is 0.511. The van der Waals surface area contributed by atoms with Crippen LogP contribution in [0.25, 0.3) is 16.7 Å². The summed E-state index contributed by atoms with van der Waals surface area (Å²) >= 11 is 0. The number of aryl methyl sites for hydroxylation is 1. The SMILES string of the molecule is C=C(O)c1ccc2c(C)cccc2n1. The summed E-state index contributed by atoms with van der Waals surface area (Å²) in [6.07, 6.45) is 0. The van der Waals surface area contributed by atoms with Crippen LogP contribution < -0.4 is 0 Å². The van der Waals surface area contributed by atoms with Gasteiger partial charge in [0.05, 0.1) is 5.52 Å². The van der Waals surface area contributed by atoms with Gasteiger partial charge in [-0.25, -0.2) is 4.98 Å². The molecule has 0 unspecified atom stereocenters. The molecule has 0 spiro atoms. The van der Waals surface area contributed by atoms with Crippen LogP contribution in [0.15, 0.2) is 36.9 Å². The lowest BCUT2D eigenvalue weighted by atomic mass is 10.1. The minimum absolute atomic E-state index is 0.00778. The average Bonchev–Trinajstić information content (AvgIpc) is 2.17. The minimum Gasteiger partial charge on any atom is -0.506 e. The fourth-order valence-corrected chi connectivity index (χ4v) is 1.47. The van der Waals surface area contributed by atoms with Crippen LogP contribution in [0, 0.1) is 6.92 Å². The molecule has 0 fully saturated rings. The maximum atomic E-state index is 9.20. The Morgan fingerprint density at radius 2 is 2.07 bits per heavy atom. The van der Waals surface area contributed by atoms with Gasteiger partial charge in [-0.05, 0) is 24.6 Å². The molecule has 0 atom stereocenters. The number of hydrogen-bond acceptors (Lipinski definition) is 2. The van der Waals surface area contributed by atoms with E-state index >= 15 is 0 Å². The zero-order valence-corrected chi connectivity index (χ0v) is 7.99. The number of nitrogens with zero attached hydrogens (tertiary/aromatic N) is 1. The number of hydrogen-bond donors (Lipinski definition) is 1. The molecule has 0 aliphatic heterocycles. The number of rotatable bonds is 1. The fourth-order valence-electron chi connectivity index (χ4n) is 1.47. The molecular weight excluding hydrogens is 174 g/mol. The third-order valence-electron chi connectivity index (χ3n) is 2.25. The Bertz CT molecular complexity index is 503. The molecule has 2 heteroatoms. The summed E-state index contributed by atoms with van der Waals surface area (Å²) in [5, 5.41) is 10.3. The van der Waals surface area contributed by atoms with Gasteiger partial charge in [0.25, 0.3) is 0 Å². The van der Waals surface area contributed by atoms with Crippen molar-refractivity contribution >= 4 is 16.7 Å². The van der Waals surface area contributed by atoms with E-state index in [1.807, 2.05) is 31.2 Å². The third-order valence-corrected chi connectivity index (χ3v) is 2.25. The van der Waals surface area contributed by atoms with Crippen LogP contribution >= 0.6 is 0 Å². The molecule has 2 aromatic rings. The molecule has 1 heterocycles. The number of pyridine rings is 1. The summed E-state index contributed by atoms with van der Waals surface area (Å²) in [6.45, 7) is 5.49. The maximum Gasteiger partial charge on any atom is 0.134 e. The van der Waals surface area contributed by atoms with Crippen molar-refractivity contribution in [3.63, 3.8) is 0 Å². The Hall–Kier alpha value is -1.83. The van der Waals surface area contributed by atoms with Crippen molar-refractivity contribution < 1.29 is 5.11 Å². The quantitative estimate of drug-likeness (QED) is 0.692. The number of fused-ring (bicyclic) bond motifs is 1. The summed E-state index contributed by atoms with van der Waals surface area (Å²) in [4.78, 5) is 4.29. The molecule has 0 bridgehead atoms. The molecule has 0 saturated carbocycles. The van der Waals surface area contributed by atoms with E-state index in [0.29, 0.717) is 5.69 Å². The molecule has 70 valence electrons. The van der Waals surface area contributed by atoms with E-state index < -0.39 is 0 Å². The number of aliphatic hydroxyl groups is 1. The Kier molecular flexibility index (Phi) is 1.97. The summed E-state index contributed by atoms with van der Waals surface area (Å²) < 4.78 is 0. The molecule has 2 rings (SSSR count). The van der Waals surface area contributed by atoms with Gasteiger partial charge >= 0.3 is 0 Å². The first-order valence-electron chi connectivity index (χ1n) is 4.43. The van der Waals surface area contributed by atoms with Gasteiger partial charge < -0.3 is 5.11 Å². The van der Waals surface area contributed by atoms with Crippen LogP contribution in [0.5, 0.6) is 0 Å². The van der Waals surface area contributed by atoms with Crippen molar-refractivity contribution in [3.8, 4) is 0 Å². The van der Waals surface area contributed by atoms with Gasteiger partial charge in [-0.1, -0.05) is 24.8 Å². The highest BCUT2D eigenvalue weighted by molar-refractivity contribution is 5.83. The smallest absolute Gasteiger partial charge is 0.134 e. The molecule has 14 heavy (non-hydrogen) atoms. The molecule has 0 saturated heterocycles. The number of aromatic nitrogens is 1. The van der Waals surface area contributed by atoms with Crippen molar-refractivity contribution in [3.05, 3.63) is 48.2 Å². The van der Waals surface area contributed by atoms with Crippen LogP contribution in [-0.4, -0.2) is 10.1 Å². The van der Waals surface area contributed by atoms with Crippen LogP contribution in [-0.2, 0) is 0 Å². The van der Waals surface area contributed by atoms with Crippen LogP contribution in [0.4, 0.5) is 0 Å². The minimum atomic E-state index is 0.00778. The molecule has 1 N–H and O–H groups in total. The summed E-state index contributed by atoms with van der Waals surface area (Å²) in [5.41, 5.74) is 2.60. The van der Waals surface area contributed by atoms with Crippen LogP contribution in [0.2, 0.25) is 0 Å². The predicted molar refractivity (Wildman–Crippen MR) is 58.1 cm³/mol. The molecule has 2 nitrogen and oxygen atoms in total. The topological polar surface area (TPSA) is 33.1 Å². The van der Waals surface area contributed by atoms with Gasteiger partial charge in [-0.3, -0.25) is 0 Å². The zero-order valence-electron chi connectivity index (χ0n) is 7.99. The fraction of sp³-hybridized carbons (Fsp3) is 0.0833. The van der Waals surface area contributed by atoms with E-state index in [2.05, 4.69) is 11.6 Å². The van der Waals surface area contributed by atoms with Gasteiger partial charge in [0.2, 0.25) is 0 Å². The summed E-state index contributed by atoms with van der Waals surface area (Å²) in [6, 6.07) is 9.65. The Morgan fingerprint density at radius 1 is 1.29 bits per heavy atom. The average molecular weight is 185 g/mol. The number of benzene rings is 1. The first-order chi connectivity index (χ1) is 6.68. The van der Waals surface area contributed by atoms with Crippen LogP contribution in [0.3, 0.4) is 0 Å². The first-order valence-corrected chi connectivity index (χ1v) is 4.43. The molecule has 1 aromatic heterocycles. The van der Waals surface area contributed by atoms with Crippen molar-refractivity contribution in [2.45, 2.75) is 6.92 Å². The van der Waals surface area contributed by atoms with E-state index in [9.17, 15) is 5.11 Å². The summed E-state index contributed by atoms with van der Waals surface area (Å²) in [7, 11) is 0. The van der Waals surface area contributed by atoms with E-state index in [-0.39, 0.29) is 5.76 Å². The molecule has 0 aliphatic rings. The van der Waals surface area contributed by atoms with E-state index in [1.165, 1.54) is 5.56 Å². The van der Waals surface area contributed by atoms with E-state index in [0.717, 1.165) is 10.9 Å².